The van der Waals surface area contributed by atoms with Gasteiger partial charge in [0.1, 0.15) is 22.8 Å². The highest BCUT2D eigenvalue weighted by Gasteiger charge is 2.40. The zero-order valence-corrected chi connectivity index (χ0v) is 21.4. The number of aliphatic hydroxyl groups is 2. The van der Waals surface area contributed by atoms with Crippen molar-refractivity contribution in [3.63, 3.8) is 0 Å². The van der Waals surface area contributed by atoms with Crippen molar-refractivity contribution in [2.24, 2.45) is 0 Å². The Morgan fingerprint density at radius 2 is 1.45 bits per heavy atom. The van der Waals surface area contributed by atoms with E-state index < -0.39 is 30.2 Å². The molecule has 4 N–H and O–H groups in total. The molecule has 202 valence electrons. The van der Waals surface area contributed by atoms with E-state index in [1.165, 1.54) is 32.4 Å². The van der Waals surface area contributed by atoms with Gasteiger partial charge in [-0.25, -0.2) is 0 Å². The zero-order chi connectivity index (χ0) is 27.6. The molecule has 0 bridgehead atoms. The monoisotopic (exact) mass is 526 g/mol. The summed E-state index contributed by atoms with van der Waals surface area (Å²) in [5.41, 5.74) is 1.07. The van der Waals surface area contributed by atoms with Crippen molar-refractivity contribution < 1.29 is 48.9 Å². The summed E-state index contributed by atoms with van der Waals surface area (Å²) in [7, 11) is 2.77. The molecule has 3 aromatic rings. The molecule has 10 heteroatoms. The average molecular weight is 527 g/mol. The maximum Gasteiger partial charge on any atom is 0.202 e. The highest BCUT2D eigenvalue weighted by atomic mass is 16.6. The first-order valence-corrected chi connectivity index (χ1v) is 12.1. The Balaban J connectivity index is 0.00000164. The number of ketones is 1. The predicted molar refractivity (Wildman–Crippen MR) is 136 cm³/mol. The van der Waals surface area contributed by atoms with E-state index in [0.717, 1.165) is 0 Å². The fourth-order valence-electron chi connectivity index (χ4n) is 4.43. The second-order valence-electron chi connectivity index (χ2n) is 8.38. The van der Waals surface area contributed by atoms with Crippen LogP contribution in [0.2, 0.25) is 0 Å². The summed E-state index contributed by atoms with van der Waals surface area (Å²) in [5.74, 6) is 0.265. The fourth-order valence-corrected chi connectivity index (χ4v) is 4.43. The summed E-state index contributed by atoms with van der Waals surface area (Å²) in [6.45, 7) is 3.66. The Hall–Kier alpha value is -4.15. The number of rotatable bonds is 5. The summed E-state index contributed by atoms with van der Waals surface area (Å²) in [6.07, 6.45) is -4.11. The second kappa shape index (κ2) is 11.1. The molecule has 2 aliphatic heterocycles. The normalized spacial score (nSPS) is 21.4. The molecule has 2 heterocycles. The number of hydrogen-bond acceptors (Lipinski definition) is 10. The number of Topliss-reactive ketones (excluding diaryl/α,β-unsaturated/α-hetero) is 1. The summed E-state index contributed by atoms with van der Waals surface area (Å²) in [4.78, 5) is 13.0. The van der Waals surface area contributed by atoms with Gasteiger partial charge in [-0.2, -0.15) is 0 Å². The van der Waals surface area contributed by atoms with Gasteiger partial charge < -0.3 is 44.1 Å². The maximum atomic E-state index is 13.0. The lowest BCUT2D eigenvalue weighted by atomic mass is 9.92. The molecule has 0 fully saturated rings. The van der Waals surface area contributed by atoms with Crippen molar-refractivity contribution in [3.8, 4) is 40.2 Å². The Kier molecular flexibility index (Phi) is 7.84. The molecule has 0 saturated heterocycles. The van der Waals surface area contributed by atoms with E-state index in [1.54, 1.807) is 30.3 Å². The zero-order valence-electron chi connectivity index (χ0n) is 21.4. The van der Waals surface area contributed by atoms with E-state index in [4.69, 9.17) is 23.7 Å². The molecule has 0 aliphatic carbocycles. The van der Waals surface area contributed by atoms with Gasteiger partial charge >= 0.3 is 0 Å². The number of carbonyl (C=O) groups excluding carboxylic acids is 1. The Labute approximate surface area is 219 Å². The van der Waals surface area contributed by atoms with Gasteiger partial charge in [-0.15, -0.1) is 0 Å². The predicted octanol–water partition coefficient (Wildman–Crippen LogP) is 3.69. The number of phenolic OH excluding ortho intramolecular Hbond substituents is 2. The number of fused-ring (bicyclic) bond motifs is 2. The molecule has 4 atom stereocenters. The molecule has 10 nitrogen and oxygen atoms in total. The van der Waals surface area contributed by atoms with Gasteiger partial charge in [-0.05, 0) is 29.8 Å². The van der Waals surface area contributed by atoms with Gasteiger partial charge in [0.25, 0.3) is 0 Å². The van der Waals surface area contributed by atoms with Crippen LogP contribution in [0.1, 0.15) is 47.5 Å². The van der Waals surface area contributed by atoms with E-state index in [-0.39, 0.29) is 40.9 Å². The maximum absolute atomic E-state index is 13.0. The Morgan fingerprint density at radius 3 is 2.13 bits per heavy atom. The summed E-state index contributed by atoms with van der Waals surface area (Å²) >= 11 is 0. The Bertz CT molecular complexity index is 1320. The number of ether oxygens (including phenoxy) is 5. The molecule has 0 spiro atoms. The Morgan fingerprint density at radius 1 is 0.789 bits per heavy atom. The van der Waals surface area contributed by atoms with Crippen molar-refractivity contribution in [3.05, 3.63) is 65.2 Å². The van der Waals surface area contributed by atoms with Crippen molar-refractivity contribution in [1.29, 1.82) is 0 Å². The van der Waals surface area contributed by atoms with Crippen LogP contribution < -0.4 is 23.7 Å². The molecular weight excluding hydrogens is 496 g/mol. The van der Waals surface area contributed by atoms with E-state index >= 15 is 0 Å². The van der Waals surface area contributed by atoms with Crippen LogP contribution in [0.15, 0.2) is 48.5 Å². The van der Waals surface area contributed by atoms with Crippen molar-refractivity contribution in [2.45, 2.75) is 38.3 Å². The molecule has 0 saturated carbocycles. The minimum absolute atomic E-state index is 0.0442. The van der Waals surface area contributed by atoms with Gasteiger partial charge in [0.2, 0.25) is 5.78 Å². The summed E-state index contributed by atoms with van der Waals surface area (Å²) in [5, 5.41) is 40.6. The molecule has 0 amide bonds. The van der Waals surface area contributed by atoms with Crippen LogP contribution in [0.4, 0.5) is 0 Å². The molecule has 4 unspecified atom stereocenters. The third-order valence-corrected chi connectivity index (χ3v) is 6.20. The number of aromatic hydroxyl groups is 2. The van der Waals surface area contributed by atoms with Gasteiger partial charge in [0, 0.05) is 17.7 Å². The van der Waals surface area contributed by atoms with Gasteiger partial charge in [0.05, 0.1) is 20.8 Å². The van der Waals surface area contributed by atoms with E-state index in [0.29, 0.717) is 22.6 Å². The van der Waals surface area contributed by atoms with Crippen molar-refractivity contribution in [2.75, 3.05) is 20.8 Å². The standard InChI is InChI=1S/C26H24O10.C2H6/c1-32-17-7-12(3-5-15(17)29)25-21(11-27)34-16-6-4-13(8-18(16)35-25)26-24(31)23(30)22-19(33-2)9-14(28)10-20(22)36-26;1-2/h3-10,21,24-29,31H,11H2,1-2H3;1-2H3. The summed E-state index contributed by atoms with van der Waals surface area (Å²) < 4.78 is 28.4. The lowest BCUT2D eigenvalue weighted by Gasteiger charge is -2.35. The van der Waals surface area contributed by atoms with E-state index in [2.05, 4.69) is 0 Å². The lowest BCUT2D eigenvalue weighted by Crippen LogP contribution is -2.37. The first kappa shape index (κ1) is 26.9. The van der Waals surface area contributed by atoms with Crippen molar-refractivity contribution >= 4 is 5.78 Å². The summed E-state index contributed by atoms with van der Waals surface area (Å²) in [6, 6.07) is 12.0. The van der Waals surface area contributed by atoms with Crippen LogP contribution in [-0.2, 0) is 0 Å². The van der Waals surface area contributed by atoms with Gasteiger partial charge in [-0.3, -0.25) is 4.79 Å². The molecule has 3 aromatic carbocycles. The minimum Gasteiger partial charge on any atom is -0.508 e. The molecule has 0 aromatic heterocycles. The van der Waals surface area contributed by atoms with Gasteiger partial charge in [-0.1, -0.05) is 26.0 Å². The van der Waals surface area contributed by atoms with E-state index in [9.17, 15) is 25.2 Å². The molecule has 2 aliphatic rings. The van der Waals surface area contributed by atoms with Crippen LogP contribution >= 0.6 is 0 Å². The van der Waals surface area contributed by atoms with Crippen LogP contribution in [-0.4, -0.2) is 59.2 Å². The second-order valence-corrected chi connectivity index (χ2v) is 8.38. The topological polar surface area (TPSA) is 144 Å². The largest absolute Gasteiger partial charge is 0.508 e. The quantitative estimate of drug-likeness (QED) is 0.388. The van der Waals surface area contributed by atoms with Crippen LogP contribution in [0.5, 0.6) is 40.2 Å². The number of carbonyl (C=O) groups is 1. The highest BCUT2D eigenvalue weighted by Crippen LogP contribution is 2.46. The van der Waals surface area contributed by atoms with Gasteiger partial charge in [0.15, 0.2) is 47.4 Å². The number of methoxy groups -OCH3 is 2. The molecule has 0 radical (unpaired) electrons. The smallest absolute Gasteiger partial charge is 0.202 e. The fraction of sp³-hybridized carbons (Fsp3) is 0.321. The number of hydrogen-bond donors (Lipinski definition) is 4. The first-order valence-electron chi connectivity index (χ1n) is 12.1. The minimum atomic E-state index is -1.54. The number of phenols is 2. The number of benzene rings is 3. The number of aliphatic hydroxyl groups excluding tert-OH is 2. The third kappa shape index (κ3) is 4.75. The third-order valence-electron chi connectivity index (χ3n) is 6.20. The van der Waals surface area contributed by atoms with Crippen molar-refractivity contribution in [1.82, 2.24) is 0 Å². The first-order chi connectivity index (χ1) is 18.3. The van der Waals surface area contributed by atoms with Crippen LogP contribution in [0, 0.1) is 0 Å². The lowest BCUT2D eigenvalue weighted by molar-refractivity contribution is -0.0130. The van der Waals surface area contributed by atoms with Crippen LogP contribution in [0.25, 0.3) is 0 Å². The molecular formula is C28H30O10. The average Bonchev–Trinajstić information content (AvgIpc) is 2.94. The van der Waals surface area contributed by atoms with E-state index in [1.807, 2.05) is 13.8 Å². The molecule has 5 rings (SSSR count). The SMILES string of the molecule is CC.COc1cc(C2Oc3cc(C4Oc5cc(O)cc(OC)c5C(=O)C4O)ccc3OC2CO)ccc1O. The van der Waals surface area contributed by atoms with Crippen LogP contribution in [0.3, 0.4) is 0 Å². The highest BCUT2D eigenvalue weighted by molar-refractivity contribution is 6.05. The molecule has 38 heavy (non-hydrogen) atoms.